The maximum absolute atomic E-state index is 13.0. The molecule has 1 heterocycles. The van der Waals surface area contributed by atoms with Gasteiger partial charge < -0.3 is 10.3 Å². The normalized spacial score (nSPS) is 10.8. The Bertz CT molecular complexity index is 766. The summed E-state index contributed by atoms with van der Waals surface area (Å²) in [5.41, 5.74) is 1.03. The van der Waals surface area contributed by atoms with Crippen LogP contribution in [0.15, 0.2) is 29.2 Å². The zero-order valence-electron chi connectivity index (χ0n) is 11.6. The molecule has 1 aromatic carbocycles. The van der Waals surface area contributed by atoms with Gasteiger partial charge in [-0.1, -0.05) is 12.1 Å². The van der Waals surface area contributed by atoms with E-state index in [1.807, 2.05) is 0 Å². The van der Waals surface area contributed by atoms with Crippen LogP contribution in [-0.2, 0) is 0 Å². The van der Waals surface area contributed by atoms with Crippen LogP contribution < -0.4 is 10.9 Å². The molecule has 6 heteroatoms. The van der Waals surface area contributed by atoms with E-state index in [0.29, 0.717) is 5.82 Å². The molecule has 0 aliphatic heterocycles. The highest BCUT2D eigenvalue weighted by atomic mass is 19.1. The van der Waals surface area contributed by atoms with E-state index in [0.717, 1.165) is 11.1 Å². The first-order chi connectivity index (χ1) is 10.0. The van der Waals surface area contributed by atoms with Crippen molar-refractivity contribution in [3.63, 3.8) is 0 Å². The first kappa shape index (κ1) is 14.6. The van der Waals surface area contributed by atoms with E-state index in [9.17, 15) is 14.0 Å². The summed E-state index contributed by atoms with van der Waals surface area (Å²) in [4.78, 5) is 29.6. The Morgan fingerprint density at radius 1 is 1.38 bits per heavy atom. The van der Waals surface area contributed by atoms with Crippen LogP contribution in [0.25, 0.3) is 12.2 Å². The first-order valence-corrected chi connectivity index (χ1v) is 6.27. The molecule has 1 aromatic heterocycles. The molecule has 0 saturated carbocycles. The van der Waals surface area contributed by atoms with Gasteiger partial charge >= 0.3 is 0 Å². The molecular formula is C15H14FN3O2. The lowest BCUT2D eigenvalue weighted by Gasteiger charge is -2.01. The molecule has 0 aliphatic carbocycles. The Hall–Kier alpha value is -2.76. The largest absolute Gasteiger partial charge is 0.355 e. The quantitative estimate of drug-likeness (QED) is 0.903. The van der Waals surface area contributed by atoms with Crippen LogP contribution in [0.5, 0.6) is 0 Å². The van der Waals surface area contributed by atoms with Crippen LogP contribution in [0.2, 0.25) is 0 Å². The number of nitrogens with one attached hydrogen (secondary N) is 2. The summed E-state index contributed by atoms with van der Waals surface area (Å²) < 4.78 is 13.0. The minimum absolute atomic E-state index is 0.0485. The number of nitrogens with zero attached hydrogens (tertiary/aromatic N) is 1. The molecule has 0 radical (unpaired) electrons. The fourth-order valence-corrected chi connectivity index (χ4v) is 1.78. The van der Waals surface area contributed by atoms with Gasteiger partial charge in [-0.3, -0.25) is 9.59 Å². The minimum atomic E-state index is -0.514. The van der Waals surface area contributed by atoms with Crippen molar-refractivity contribution in [2.45, 2.75) is 6.92 Å². The lowest BCUT2D eigenvalue weighted by Crippen LogP contribution is -2.27. The van der Waals surface area contributed by atoms with Crippen molar-refractivity contribution < 1.29 is 9.18 Å². The van der Waals surface area contributed by atoms with E-state index in [1.165, 1.54) is 25.4 Å². The minimum Gasteiger partial charge on any atom is -0.355 e. The summed E-state index contributed by atoms with van der Waals surface area (Å²) >= 11 is 0. The fraction of sp³-hybridized carbons (Fsp3) is 0.133. The summed E-state index contributed by atoms with van der Waals surface area (Å²) in [5, 5.41) is 2.36. The van der Waals surface area contributed by atoms with E-state index in [2.05, 4.69) is 15.3 Å². The zero-order chi connectivity index (χ0) is 15.4. The molecular weight excluding hydrogens is 273 g/mol. The second-order valence-corrected chi connectivity index (χ2v) is 4.42. The van der Waals surface area contributed by atoms with Gasteiger partial charge in [0.1, 0.15) is 17.2 Å². The molecule has 0 atom stereocenters. The number of hydrogen-bond donors (Lipinski definition) is 2. The first-order valence-electron chi connectivity index (χ1n) is 6.27. The molecule has 1 amide bonds. The fourth-order valence-electron chi connectivity index (χ4n) is 1.78. The van der Waals surface area contributed by atoms with Gasteiger partial charge in [0, 0.05) is 13.2 Å². The molecule has 0 saturated heterocycles. The average Bonchev–Trinajstić information content (AvgIpc) is 2.45. The van der Waals surface area contributed by atoms with Crippen molar-refractivity contribution in [2.24, 2.45) is 0 Å². The summed E-state index contributed by atoms with van der Waals surface area (Å²) in [6, 6.07) is 4.42. The standard InChI is InChI=1S/C15H14FN3O2/c1-9-7-11(16)5-3-10(9)4-6-13-18-8-12(14(20)17-2)15(21)19-13/h3-8H,1-2H3,(H,17,20)(H,18,19,21)/b6-4-. The highest BCUT2D eigenvalue weighted by molar-refractivity contribution is 5.93. The Morgan fingerprint density at radius 3 is 2.76 bits per heavy atom. The lowest BCUT2D eigenvalue weighted by atomic mass is 10.1. The third kappa shape index (κ3) is 3.42. The van der Waals surface area contributed by atoms with E-state index < -0.39 is 11.5 Å². The highest BCUT2D eigenvalue weighted by Crippen LogP contribution is 2.12. The molecule has 2 N–H and O–H groups in total. The van der Waals surface area contributed by atoms with Gasteiger partial charge in [0.15, 0.2) is 0 Å². The van der Waals surface area contributed by atoms with Crippen molar-refractivity contribution in [1.29, 1.82) is 0 Å². The van der Waals surface area contributed by atoms with Gasteiger partial charge in [0.05, 0.1) is 0 Å². The molecule has 0 aliphatic rings. The summed E-state index contributed by atoms with van der Waals surface area (Å²) in [5.74, 6) is -0.476. The maximum Gasteiger partial charge on any atom is 0.263 e. The third-order valence-corrected chi connectivity index (χ3v) is 2.94. The van der Waals surface area contributed by atoms with Gasteiger partial charge in [-0.15, -0.1) is 0 Å². The van der Waals surface area contributed by atoms with Gasteiger partial charge in [0.25, 0.3) is 11.5 Å². The number of halogens is 1. The monoisotopic (exact) mass is 287 g/mol. The summed E-state index contributed by atoms with van der Waals surface area (Å²) in [6.45, 7) is 1.79. The SMILES string of the molecule is CNC(=O)c1cnc(/C=C\c2ccc(F)cc2C)[nH]c1=O. The van der Waals surface area contributed by atoms with Crippen molar-refractivity contribution in [1.82, 2.24) is 15.3 Å². The predicted molar refractivity (Wildman–Crippen MR) is 78.3 cm³/mol. The Labute approximate surface area is 120 Å². The zero-order valence-corrected chi connectivity index (χ0v) is 11.6. The topological polar surface area (TPSA) is 74.8 Å². The number of aromatic amines is 1. The predicted octanol–water partition coefficient (Wildman–Crippen LogP) is 1.75. The number of hydrogen-bond acceptors (Lipinski definition) is 3. The Balaban J connectivity index is 2.28. The Kier molecular flexibility index (Phi) is 4.27. The van der Waals surface area contributed by atoms with Crippen molar-refractivity contribution >= 4 is 18.1 Å². The highest BCUT2D eigenvalue weighted by Gasteiger charge is 2.08. The molecule has 0 unspecified atom stereocenters. The molecule has 0 bridgehead atoms. The molecule has 21 heavy (non-hydrogen) atoms. The third-order valence-electron chi connectivity index (χ3n) is 2.94. The number of benzene rings is 1. The molecule has 0 fully saturated rings. The number of aromatic nitrogens is 2. The van der Waals surface area contributed by atoms with Gasteiger partial charge in [-0.05, 0) is 36.3 Å². The van der Waals surface area contributed by atoms with Gasteiger partial charge in [-0.2, -0.15) is 0 Å². The van der Waals surface area contributed by atoms with Crippen LogP contribution in [0.4, 0.5) is 4.39 Å². The molecule has 2 aromatic rings. The number of rotatable bonds is 3. The van der Waals surface area contributed by atoms with E-state index in [1.54, 1.807) is 25.1 Å². The van der Waals surface area contributed by atoms with E-state index in [-0.39, 0.29) is 11.4 Å². The Morgan fingerprint density at radius 2 is 2.14 bits per heavy atom. The lowest BCUT2D eigenvalue weighted by molar-refractivity contribution is 0.0961. The molecule has 0 spiro atoms. The summed E-state index contributed by atoms with van der Waals surface area (Å²) in [6.07, 6.45) is 4.52. The van der Waals surface area contributed by atoms with Crippen LogP contribution in [0, 0.1) is 12.7 Å². The van der Waals surface area contributed by atoms with Crippen LogP contribution in [0.3, 0.4) is 0 Å². The number of aryl methyl sites for hydroxylation is 1. The number of carbonyl (C=O) groups excluding carboxylic acids is 1. The van der Waals surface area contributed by atoms with Crippen LogP contribution >= 0.6 is 0 Å². The molecule has 2 rings (SSSR count). The van der Waals surface area contributed by atoms with E-state index >= 15 is 0 Å². The van der Waals surface area contributed by atoms with Gasteiger partial charge in [-0.25, -0.2) is 9.37 Å². The average molecular weight is 287 g/mol. The van der Waals surface area contributed by atoms with Crippen molar-refractivity contribution in [3.8, 4) is 0 Å². The smallest absolute Gasteiger partial charge is 0.263 e. The molecule has 108 valence electrons. The van der Waals surface area contributed by atoms with Crippen molar-refractivity contribution in [3.05, 3.63) is 63.1 Å². The second kappa shape index (κ2) is 6.13. The van der Waals surface area contributed by atoms with Crippen LogP contribution in [-0.4, -0.2) is 22.9 Å². The van der Waals surface area contributed by atoms with Crippen LogP contribution in [0.1, 0.15) is 27.3 Å². The second-order valence-electron chi connectivity index (χ2n) is 4.42. The maximum atomic E-state index is 13.0. The number of carbonyl (C=O) groups is 1. The number of amides is 1. The summed E-state index contributed by atoms with van der Waals surface area (Å²) in [7, 11) is 1.44. The van der Waals surface area contributed by atoms with E-state index in [4.69, 9.17) is 0 Å². The van der Waals surface area contributed by atoms with Crippen molar-refractivity contribution in [2.75, 3.05) is 7.05 Å². The number of H-pyrrole nitrogens is 1. The van der Waals surface area contributed by atoms with Gasteiger partial charge in [0.2, 0.25) is 0 Å². The molecule has 5 nitrogen and oxygen atoms in total.